The van der Waals surface area contributed by atoms with Crippen molar-refractivity contribution in [3.8, 4) is 5.88 Å². The molecular formula is C26H29ClFN5O3. The van der Waals surface area contributed by atoms with Crippen molar-refractivity contribution in [3.63, 3.8) is 0 Å². The molecule has 3 fully saturated rings. The Hall–Kier alpha value is -2.88. The number of nitrogens with zero attached hydrogens (tertiary/aromatic N) is 3. The van der Waals surface area contributed by atoms with E-state index >= 15 is 0 Å². The lowest BCUT2D eigenvalue weighted by Gasteiger charge is -2.53. The Morgan fingerprint density at radius 2 is 2.00 bits per heavy atom. The van der Waals surface area contributed by atoms with Crippen LogP contribution in [-0.2, 0) is 22.5 Å². The second-order valence-electron chi connectivity index (χ2n) is 10.0. The van der Waals surface area contributed by atoms with Crippen molar-refractivity contribution in [2.75, 3.05) is 18.5 Å². The number of pyridine rings is 3. The maximum Gasteiger partial charge on any atom is 0.262 e. The number of ether oxygens (including phenoxy) is 2. The number of hydrogen-bond donors (Lipinski definition) is 2. The van der Waals surface area contributed by atoms with Gasteiger partial charge in [-0.25, -0.2) is 9.37 Å². The molecule has 8 nitrogen and oxygen atoms in total. The van der Waals surface area contributed by atoms with E-state index < -0.39 is 0 Å². The third-order valence-corrected chi connectivity index (χ3v) is 7.70. The van der Waals surface area contributed by atoms with E-state index in [2.05, 4.69) is 25.6 Å². The first kappa shape index (κ1) is 24.8. The summed E-state index contributed by atoms with van der Waals surface area (Å²) in [5, 5.41) is 6.50. The van der Waals surface area contributed by atoms with Gasteiger partial charge in [-0.1, -0.05) is 0 Å². The van der Waals surface area contributed by atoms with Crippen molar-refractivity contribution in [3.05, 3.63) is 53.2 Å². The Bertz CT molecular complexity index is 1290. The van der Waals surface area contributed by atoms with Crippen LogP contribution in [0.15, 0.2) is 30.6 Å². The summed E-state index contributed by atoms with van der Waals surface area (Å²) < 4.78 is 26.5. The van der Waals surface area contributed by atoms with Gasteiger partial charge in [0.15, 0.2) is 6.61 Å². The highest BCUT2D eigenvalue weighted by Crippen LogP contribution is 2.46. The summed E-state index contributed by atoms with van der Waals surface area (Å²) in [6, 6.07) is 5.70. The topological polar surface area (TPSA) is 98.3 Å². The second kappa shape index (κ2) is 9.53. The zero-order valence-electron chi connectivity index (χ0n) is 20.1. The quantitative estimate of drug-likeness (QED) is 0.513. The number of fused-ring (bicyclic) bond motifs is 5. The average Bonchev–Trinajstić information content (AvgIpc) is 2.88. The van der Waals surface area contributed by atoms with Gasteiger partial charge in [0.2, 0.25) is 5.88 Å². The molecule has 3 aromatic rings. The fraction of sp³-hybridized carbons (Fsp3) is 0.462. The number of hydrogen-bond acceptors (Lipinski definition) is 7. The lowest BCUT2D eigenvalue weighted by Crippen LogP contribution is -2.61. The molecule has 7 rings (SSSR count). The van der Waals surface area contributed by atoms with Gasteiger partial charge in [-0.3, -0.25) is 14.8 Å². The number of nitrogens with one attached hydrogen (secondary N) is 2. The minimum Gasteiger partial charge on any atom is -0.466 e. The number of aryl methyl sites for hydroxylation is 2. The molecule has 3 aliphatic heterocycles. The molecule has 0 unspecified atom stereocenters. The molecule has 1 aliphatic carbocycles. The van der Waals surface area contributed by atoms with Gasteiger partial charge in [0, 0.05) is 29.5 Å². The largest absolute Gasteiger partial charge is 0.466 e. The fourth-order valence-corrected chi connectivity index (χ4v) is 5.50. The maximum atomic E-state index is 14.7. The van der Waals surface area contributed by atoms with Crippen LogP contribution < -0.4 is 15.4 Å². The molecule has 2 bridgehead atoms. The predicted molar refractivity (Wildman–Crippen MR) is 135 cm³/mol. The van der Waals surface area contributed by atoms with Crippen molar-refractivity contribution < 1.29 is 18.7 Å². The number of amides is 1. The molecular weight excluding hydrogens is 485 g/mol. The molecule has 6 heterocycles. The van der Waals surface area contributed by atoms with E-state index in [-0.39, 0.29) is 41.9 Å². The van der Waals surface area contributed by atoms with E-state index in [1.165, 1.54) is 6.20 Å². The third-order valence-electron chi connectivity index (χ3n) is 7.70. The number of aromatic nitrogens is 3. The van der Waals surface area contributed by atoms with Crippen LogP contribution in [0.4, 0.5) is 10.1 Å². The summed E-state index contributed by atoms with van der Waals surface area (Å²) >= 11 is 0. The summed E-state index contributed by atoms with van der Waals surface area (Å²) in [6.45, 7) is 3.17. The number of carbonyl (C=O) groups excluding carboxylic acids is 1. The summed E-state index contributed by atoms with van der Waals surface area (Å²) in [4.78, 5) is 24.7. The lowest BCUT2D eigenvalue weighted by molar-refractivity contribution is -0.165. The molecule has 10 heteroatoms. The molecule has 0 spiro atoms. The van der Waals surface area contributed by atoms with E-state index in [9.17, 15) is 9.18 Å². The Labute approximate surface area is 214 Å². The zero-order chi connectivity index (χ0) is 24.0. The summed E-state index contributed by atoms with van der Waals surface area (Å²) in [5.41, 5.74) is 4.17. The van der Waals surface area contributed by atoms with E-state index in [0.29, 0.717) is 42.2 Å². The normalized spacial score (nSPS) is 24.6. The molecule has 3 aromatic heterocycles. The van der Waals surface area contributed by atoms with Gasteiger partial charge in [-0.05, 0) is 69.2 Å². The first-order valence-electron chi connectivity index (χ1n) is 12.1. The molecule has 190 valence electrons. The predicted octanol–water partition coefficient (Wildman–Crippen LogP) is 4.03. The standard InChI is InChI=1S/C26H28FN5O3.ClH/c1-16-2-3-20-23(31-16)18(19(27)13-28-20)4-5-26-8-6-25(7-9-26,15-35-26)30-12-17-10-21-24(29-11-17)34-14-22(33)32-21;/h2-3,10-11,13,30H,4-9,12,14-15H2,1H3,(H,32,33);1H. The minimum absolute atomic E-state index is 0. The number of carbonyl (C=O) groups is 1. The fourth-order valence-electron chi connectivity index (χ4n) is 5.50. The van der Waals surface area contributed by atoms with Crippen LogP contribution in [0.25, 0.3) is 11.0 Å². The first-order chi connectivity index (χ1) is 16.9. The molecule has 1 amide bonds. The van der Waals surface area contributed by atoms with E-state index in [4.69, 9.17) is 9.47 Å². The van der Waals surface area contributed by atoms with Crippen LogP contribution in [0.2, 0.25) is 0 Å². The molecule has 36 heavy (non-hydrogen) atoms. The molecule has 4 aliphatic rings. The number of rotatable bonds is 6. The van der Waals surface area contributed by atoms with Crippen LogP contribution in [0.5, 0.6) is 5.88 Å². The minimum atomic E-state index is -0.296. The zero-order valence-corrected chi connectivity index (χ0v) is 20.9. The summed E-state index contributed by atoms with van der Waals surface area (Å²) in [7, 11) is 0. The van der Waals surface area contributed by atoms with E-state index in [0.717, 1.165) is 48.9 Å². The van der Waals surface area contributed by atoms with Crippen LogP contribution in [0, 0.1) is 12.7 Å². The highest BCUT2D eigenvalue weighted by atomic mass is 35.5. The van der Waals surface area contributed by atoms with Crippen molar-refractivity contribution in [1.82, 2.24) is 20.3 Å². The van der Waals surface area contributed by atoms with Crippen molar-refractivity contribution in [2.24, 2.45) is 0 Å². The monoisotopic (exact) mass is 513 g/mol. The van der Waals surface area contributed by atoms with E-state index in [1.54, 1.807) is 6.20 Å². The molecule has 0 atom stereocenters. The Morgan fingerprint density at radius 1 is 1.17 bits per heavy atom. The van der Waals surface area contributed by atoms with Crippen molar-refractivity contribution >= 4 is 35.0 Å². The van der Waals surface area contributed by atoms with Crippen LogP contribution in [0.1, 0.15) is 48.9 Å². The number of halogens is 2. The lowest BCUT2D eigenvalue weighted by atomic mass is 9.69. The van der Waals surface area contributed by atoms with Crippen LogP contribution in [-0.4, -0.2) is 45.2 Å². The van der Waals surface area contributed by atoms with E-state index in [1.807, 2.05) is 25.1 Å². The van der Waals surface area contributed by atoms with Gasteiger partial charge < -0.3 is 20.1 Å². The van der Waals surface area contributed by atoms with Gasteiger partial charge in [-0.2, -0.15) is 0 Å². The molecule has 1 saturated carbocycles. The average molecular weight is 514 g/mol. The van der Waals surface area contributed by atoms with Gasteiger partial charge in [0.1, 0.15) is 11.5 Å². The van der Waals surface area contributed by atoms with Gasteiger partial charge >= 0.3 is 0 Å². The second-order valence-corrected chi connectivity index (χ2v) is 10.0. The molecule has 0 radical (unpaired) electrons. The van der Waals surface area contributed by atoms with Gasteiger partial charge in [0.25, 0.3) is 5.91 Å². The molecule has 2 N–H and O–H groups in total. The van der Waals surface area contributed by atoms with Crippen molar-refractivity contribution in [1.29, 1.82) is 0 Å². The van der Waals surface area contributed by atoms with Crippen LogP contribution >= 0.6 is 12.4 Å². The Morgan fingerprint density at radius 3 is 2.78 bits per heavy atom. The van der Waals surface area contributed by atoms with Crippen molar-refractivity contribution in [2.45, 2.75) is 63.1 Å². The third kappa shape index (κ3) is 4.63. The van der Waals surface area contributed by atoms with Gasteiger partial charge in [-0.15, -0.1) is 12.4 Å². The Balaban J connectivity index is 0.00000267. The molecule has 2 saturated heterocycles. The first-order valence-corrected chi connectivity index (χ1v) is 12.1. The number of anilines is 1. The highest BCUT2D eigenvalue weighted by Gasteiger charge is 2.49. The smallest absolute Gasteiger partial charge is 0.262 e. The molecule has 0 aromatic carbocycles. The SMILES string of the molecule is Cc1ccc2ncc(F)c(CCC34CCC(NCc5cnc6c(c5)NC(=O)CO6)(CC3)CO4)c2n1.Cl. The Kier molecular flexibility index (Phi) is 6.57. The van der Waals surface area contributed by atoms with Crippen LogP contribution in [0.3, 0.4) is 0 Å². The summed E-state index contributed by atoms with van der Waals surface area (Å²) in [5.74, 6) is -0.00789. The highest BCUT2D eigenvalue weighted by molar-refractivity contribution is 5.94. The maximum absolute atomic E-state index is 14.7. The summed E-state index contributed by atoms with van der Waals surface area (Å²) in [6.07, 6.45) is 8.30. The van der Waals surface area contributed by atoms with Gasteiger partial charge in [0.05, 0.1) is 29.4 Å².